The standard InChI is InChI=1S/C17H21NO/c1-13(2)19-17-10-6-15(7-11-17)12-18-16-8-4-14(3)5-9-16/h4-11,13,18H,12H2,1-3H3. The predicted molar refractivity (Wildman–Crippen MR) is 80.7 cm³/mol. The second-order valence-corrected chi connectivity index (χ2v) is 5.03. The van der Waals surface area contributed by atoms with Crippen LogP contribution in [0.25, 0.3) is 0 Å². The number of aryl methyl sites for hydroxylation is 1. The molecule has 0 bridgehead atoms. The Morgan fingerprint density at radius 3 is 2.16 bits per heavy atom. The first-order valence-electron chi connectivity index (χ1n) is 6.69. The van der Waals surface area contributed by atoms with Crippen LogP contribution >= 0.6 is 0 Å². The van der Waals surface area contributed by atoms with Gasteiger partial charge in [-0.2, -0.15) is 0 Å². The monoisotopic (exact) mass is 255 g/mol. The Morgan fingerprint density at radius 2 is 1.58 bits per heavy atom. The zero-order valence-electron chi connectivity index (χ0n) is 11.8. The van der Waals surface area contributed by atoms with Gasteiger partial charge in [-0.15, -0.1) is 0 Å². The van der Waals surface area contributed by atoms with Crippen molar-refractivity contribution in [2.24, 2.45) is 0 Å². The third-order valence-corrected chi connectivity index (χ3v) is 2.84. The summed E-state index contributed by atoms with van der Waals surface area (Å²) in [5.74, 6) is 0.925. The van der Waals surface area contributed by atoms with Gasteiger partial charge in [-0.25, -0.2) is 0 Å². The van der Waals surface area contributed by atoms with E-state index in [0.29, 0.717) is 0 Å². The zero-order valence-corrected chi connectivity index (χ0v) is 11.8. The molecule has 0 aliphatic heterocycles. The molecule has 0 aliphatic rings. The maximum absolute atomic E-state index is 5.62. The molecule has 0 spiro atoms. The summed E-state index contributed by atoms with van der Waals surface area (Å²) in [5, 5.41) is 3.41. The van der Waals surface area contributed by atoms with E-state index in [1.165, 1.54) is 11.1 Å². The van der Waals surface area contributed by atoms with E-state index in [1.807, 2.05) is 26.0 Å². The van der Waals surface area contributed by atoms with E-state index >= 15 is 0 Å². The summed E-state index contributed by atoms with van der Waals surface area (Å²) in [7, 11) is 0. The average molecular weight is 255 g/mol. The van der Waals surface area contributed by atoms with E-state index in [1.54, 1.807) is 0 Å². The first kappa shape index (κ1) is 13.5. The Morgan fingerprint density at radius 1 is 0.947 bits per heavy atom. The minimum atomic E-state index is 0.219. The van der Waals surface area contributed by atoms with Crippen molar-refractivity contribution in [3.8, 4) is 5.75 Å². The van der Waals surface area contributed by atoms with E-state index in [4.69, 9.17) is 4.74 Å². The van der Waals surface area contributed by atoms with Crippen LogP contribution in [0.5, 0.6) is 5.75 Å². The molecule has 1 N–H and O–H groups in total. The van der Waals surface area contributed by atoms with Crippen molar-refractivity contribution in [2.45, 2.75) is 33.4 Å². The summed E-state index contributed by atoms with van der Waals surface area (Å²) in [6.07, 6.45) is 0.219. The van der Waals surface area contributed by atoms with Gasteiger partial charge in [0.05, 0.1) is 6.10 Å². The van der Waals surface area contributed by atoms with Gasteiger partial charge >= 0.3 is 0 Å². The number of hydrogen-bond donors (Lipinski definition) is 1. The normalized spacial score (nSPS) is 10.5. The van der Waals surface area contributed by atoms with Gasteiger partial charge < -0.3 is 10.1 Å². The molecule has 0 saturated carbocycles. The highest BCUT2D eigenvalue weighted by atomic mass is 16.5. The maximum Gasteiger partial charge on any atom is 0.119 e. The highest BCUT2D eigenvalue weighted by Crippen LogP contribution is 2.15. The van der Waals surface area contributed by atoms with Crippen molar-refractivity contribution in [3.63, 3.8) is 0 Å². The van der Waals surface area contributed by atoms with Gasteiger partial charge in [0, 0.05) is 12.2 Å². The van der Waals surface area contributed by atoms with E-state index in [0.717, 1.165) is 18.0 Å². The molecule has 0 heterocycles. The van der Waals surface area contributed by atoms with E-state index in [-0.39, 0.29) is 6.10 Å². The molecule has 2 aromatic carbocycles. The van der Waals surface area contributed by atoms with Crippen molar-refractivity contribution in [3.05, 3.63) is 59.7 Å². The molecule has 0 fully saturated rings. The number of hydrogen-bond acceptors (Lipinski definition) is 2. The fraction of sp³-hybridized carbons (Fsp3) is 0.294. The van der Waals surface area contributed by atoms with Crippen LogP contribution < -0.4 is 10.1 Å². The average Bonchev–Trinajstić information content (AvgIpc) is 2.39. The molecule has 2 heteroatoms. The Labute approximate surface area is 115 Å². The lowest BCUT2D eigenvalue weighted by molar-refractivity contribution is 0.242. The third-order valence-electron chi connectivity index (χ3n) is 2.84. The first-order valence-corrected chi connectivity index (χ1v) is 6.69. The van der Waals surface area contributed by atoms with Crippen molar-refractivity contribution in [1.29, 1.82) is 0 Å². The summed E-state index contributed by atoms with van der Waals surface area (Å²) in [6.45, 7) is 6.99. The second kappa shape index (κ2) is 6.28. The second-order valence-electron chi connectivity index (χ2n) is 5.03. The summed E-state index contributed by atoms with van der Waals surface area (Å²) < 4.78 is 5.62. The van der Waals surface area contributed by atoms with Crippen LogP contribution in [-0.4, -0.2) is 6.10 Å². The van der Waals surface area contributed by atoms with Crippen molar-refractivity contribution < 1.29 is 4.74 Å². The van der Waals surface area contributed by atoms with Gasteiger partial charge in [0.15, 0.2) is 0 Å². The summed E-state index contributed by atoms with van der Waals surface area (Å²) >= 11 is 0. The summed E-state index contributed by atoms with van der Waals surface area (Å²) in [6, 6.07) is 16.7. The van der Waals surface area contributed by atoms with E-state index < -0.39 is 0 Å². The minimum absolute atomic E-state index is 0.219. The number of benzene rings is 2. The number of rotatable bonds is 5. The molecule has 0 saturated heterocycles. The highest BCUT2D eigenvalue weighted by molar-refractivity contribution is 5.45. The smallest absolute Gasteiger partial charge is 0.119 e. The zero-order chi connectivity index (χ0) is 13.7. The largest absolute Gasteiger partial charge is 0.491 e. The van der Waals surface area contributed by atoms with Gasteiger partial charge in [0.1, 0.15) is 5.75 Å². The van der Waals surface area contributed by atoms with Crippen LogP contribution in [0, 0.1) is 6.92 Å². The molecule has 0 radical (unpaired) electrons. The SMILES string of the molecule is Cc1ccc(NCc2ccc(OC(C)C)cc2)cc1. The molecular weight excluding hydrogens is 234 g/mol. The summed E-state index contributed by atoms with van der Waals surface area (Å²) in [5.41, 5.74) is 3.67. The van der Waals surface area contributed by atoms with Gasteiger partial charge in [0.25, 0.3) is 0 Å². The van der Waals surface area contributed by atoms with Gasteiger partial charge in [-0.1, -0.05) is 29.8 Å². The molecule has 0 amide bonds. The topological polar surface area (TPSA) is 21.3 Å². The Hall–Kier alpha value is -1.96. The molecule has 0 atom stereocenters. The third kappa shape index (κ3) is 4.32. The Balaban J connectivity index is 1.91. The van der Waals surface area contributed by atoms with Crippen molar-refractivity contribution >= 4 is 5.69 Å². The molecule has 0 aliphatic carbocycles. The lowest BCUT2D eigenvalue weighted by Crippen LogP contribution is -2.05. The minimum Gasteiger partial charge on any atom is -0.491 e. The summed E-state index contributed by atoms with van der Waals surface area (Å²) in [4.78, 5) is 0. The van der Waals surface area contributed by atoms with Crippen LogP contribution in [-0.2, 0) is 6.54 Å². The van der Waals surface area contributed by atoms with Gasteiger partial charge in [0.2, 0.25) is 0 Å². The van der Waals surface area contributed by atoms with Crippen LogP contribution in [0.15, 0.2) is 48.5 Å². The fourth-order valence-electron chi connectivity index (χ4n) is 1.83. The molecule has 0 aromatic heterocycles. The van der Waals surface area contributed by atoms with Crippen molar-refractivity contribution in [2.75, 3.05) is 5.32 Å². The lowest BCUT2D eigenvalue weighted by atomic mass is 10.2. The van der Waals surface area contributed by atoms with Crippen molar-refractivity contribution in [1.82, 2.24) is 0 Å². The molecule has 2 nitrogen and oxygen atoms in total. The molecule has 0 unspecified atom stereocenters. The molecule has 2 aromatic rings. The number of ether oxygens (including phenoxy) is 1. The number of nitrogens with one attached hydrogen (secondary N) is 1. The molecule has 100 valence electrons. The molecule has 19 heavy (non-hydrogen) atoms. The first-order chi connectivity index (χ1) is 9.13. The number of anilines is 1. The lowest BCUT2D eigenvalue weighted by Gasteiger charge is -2.11. The predicted octanol–water partition coefficient (Wildman–Crippen LogP) is 4.39. The van der Waals surface area contributed by atoms with E-state index in [9.17, 15) is 0 Å². The highest BCUT2D eigenvalue weighted by Gasteiger charge is 1.98. The Bertz CT molecular complexity index is 500. The van der Waals surface area contributed by atoms with Crippen LogP contribution in [0.3, 0.4) is 0 Å². The fourth-order valence-corrected chi connectivity index (χ4v) is 1.83. The quantitative estimate of drug-likeness (QED) is 0.855. The van der Waals surface area contributed by atoms with Crippen LogP contribution in [0.4, 0.5) is 5.69 Å². The Kier molecular flexibility index (Phi) is 4.45. The van der Waals surface area contributed by atoms with Crippen LogP contribution in [0.1, 0.15) is 25.0 Å². The van der Waals surface area contributed by atoms with Gasteiger partial charge in [-0.3, -0.25) is 0 Å². The van der Waals surface area contributed by atoms with E-state index in [2.05, 4.69) is 48.6 Å². The van der Waals surface area contributed by atoms with Crippen LogP contribution in [0.2, 0.25) is 0 Å². The maximum atomic E-state index is 5.62. The molecular formula is C17H21NO. The van der Waals surface area contributed by atoms with Gasteiger partial charge in [-0.05, 0) is 50.6 Å². The molecule has 2 rings (SSSR count).